The van der Waals surface area contributed by atoms with E-state index in [1.165, 1.54) is 24.3 Å². The smallest absolute Gasteiger partial charge is 0.319 e. The Morgan fingerprint density at radius 1 is 1.17 bits per heavy atom. The largest absolute Gasteiger partial charge is 0.369 e. The van der Waals surface area contributed by atoms with Gasteiger partial charge in [-0.1, -0.05) is 0 Å². The zero-order valence-corrected chi connectivity index (χ0v) is 13.8. The number of halogens is 1. The summed E-state index contributed by atoms with van der Waals surface area (Å²) in [5.41, 5.74) is 5.88. The molecule has 1 aromatic carbocycles. The third-order valence-corrected chi connectivity index (χ3v) is 4.28. The van der Waals surface area contributed by atoms with Gasteiger partial charge in [0.2, 0.25) is 5.91 Å². The van der Waals surface area contributed by atoms with Crippen molar-refractivity contribution in [3.8, 4) is 0 Å². The lowest BCUT2D eigenvalue weighted by molar-refractivity contribution is -0.123. The number of piperidine rings is 1. The first-order valence-corrected chi connectivity index (χ1v) is 8.36. The summed E-state index contributed by atoms with van der Waals surface area (Å²) in [5.74, 6) is -0.495. The zero-order chi connectivity index (χ0) is 17.4. The molecule has 0 aliphatic carbocycles. The Labute approximate surface area is 141 Å². The number of primary amides is 1. The molecule has 1 saturated heterocycles. The van der Waals surface area contributed by atoms with Gasteiger partial charge in [-0.15, -0.1) is 0 Å². The van der Waals surface area contributed by atoms with Crippen molar-refractivity contribution in [1.29, 1.82) is 0 Å². The van der Waals surface area contributed by atoms with Crippen molar-refractivity contribution < 1.29 is 14.0 Å². The van der Waals surface area contributed by atoms with E-state index in [1.807, 2.05) is 0 Å². The van der Waals surface area contributed by atoms with Crippen LogP contribution in [0.1, 0.15) is 25.7 Å². The van der Waals surface area contributed by atoms with Crippen molar-refractivity contribution in [2.75, 3.05) is 31.5 Å². The molecule has 1 aliphatic heterocycles. The maximum Gasteiger partial charge on any atom is 0.319 e. The van der Waals surface area contributed by atoms with E-state index in [0.29, 0.717) is 12.2 Å². The normalized spacial score (nSPS) is 15.9. The van der Waals surface area contributed by atoms with Crippen LogP contribution in [0.3, 0.4) is 0 Å². The quantitative estimate of drug-likeness (QED) is 0.665. The number of nitrogens with zero attached hydrogens (tertiary/aromatic N) is 1. The molecule has 1 aliphatic rings. The molecule has 0 bridgehead atoms. The van der Waals surface area contributed by atoms with Gasteiger partial charge in [-0.2, -0.15) is 0 Å². The molecule has 0 unspecified atom stereocenters. The monoisotopic (exact) mass is 336 g/mol. The summed E-state index contributed by atoms with van der Waals surface area (Å²) < 4.78 is 12.8. The SMILES string of the molecule is NC(=O)C1CCN(CCCCNC(=O)Nc2ccc(F)cc2)CC1. The number of carbonyl (C=O) groups is 2. The predicted molar refractivity (Wildman–Crippen MR) is 91.0 cm³/mol. The summed E-state index contributed by atoms with van der Waals surface area (Å²) in [6.07, 6.45) is 3.55. The molecular formula is C17H25FN4O2. The maximum atomic E-state index is 12.8. The minimum absolute atomic E-state index is 0.0260. The highest BCUT2D eigenvalue weighted by Crippen LogP contribution is 2.16. The molecule has 1 heterocycles. The lowest BCUT2D eigenvalue weighted by atomic mass is 9.96. The van der Waals surface area contributed by atoms with E-state index in [4.69, 9.17) is 5.73 Å². The minimum atomic E-state index is -0.333. The van der Waals surface area contributed by atoms with Crippen LogP contribution in [0.15, 0.2) is 24.3 Å². The van der Waals surface area contributed by atoms with Crippen LogP contribution < -0.4 is 16.4 Å². The van der Waals surface area contributed by atoms with Crippen LogP contribution in [0, 0.1) is 11.7 Å². The molecule has 24 heavy (non-hydrogen) atoms. The van der Waals surface area contributed by atoms with Crippen molar-refractivity contribution in [3.05, 3.63) is 30.1 Å². The van der Waals surface area contributed by atoms with Gasteiger partial charge in [0, 0.05) is 18.2 Å². The van der Waals surface area contributed by atoms with Gasteiger partial charge in [-0.25, -0.2) is 9.18 Å². The van der Waals surface area contributed by atoms with E-state index >= 15 is 0 Å². The molecule has 7 heteroatoms. The van der Waals surface area contributed by atoms with Crippen molar-refractivity contribution >= 4 is 17.6 Å². The minimum Gasteiger partial charge on any atom is -0.369 e. The van der Waals surface area contributed by atoms with Gasteiger partial charge >= 0.3 is 6.03 Å². The number of likely N-dealkylation sites (tertiary alicyclic amines) is 1. The van der Waals surface area contributed by atoms with Crippen molar-refractivity contribution in [2.45, 2.75) is 25.7 Å². The predicted octanol–water partition coefficient (Wildman–Crippen LogP) is 1.92. The Morgan fingerprint density at radius 3 is 2.46 bits per heavy atom. The van der Waals surface area contributed by atoms with Gasteiger partial charge in [0.25, 0.3) is 0 Å². The summed E-state index contributed by atoms with van der Waals surface area (Å²) >= 11 is 0. The van der Waals surface area contributed by atoms with Gasteiger partial charge in [0.15, 0.2) is 0 Å². The van der Waals surface area contributed by atoms with Crippen LogP contribution >= 0.6 is 0 Å². The topological polar surface area (TPSA) is 87.5 Å². The van der Waals surface area contributed by atoms with E-state index < -0.39 is 0 Å². The Kier molecular flexibility index (Phi) is 6.99. The second-order valence-electron chi connectivity index (χ2n) is 6.11. The second kappa shape index (κ2) is 9.22. The average Bonchev–Trinajstić information content (AvgIpc) is 2.57. The van der Waals surface area contributed by atoms with Crippen LogP contribution in [-0.2, 0) is 4.79 Å². The number of benzene rings is 1. The number of hydrogen-bond donors (Lipinski definition) is 3. The second-order valence-corrected chi connectivity index (χ2v) is 6.11. The summed E-state index contributed by atoms with van der Waals surface area (Å²) in [4.78, 5) is 25.1. The van der Waals surface area contributed by atoms with Crippen LogP contribution in [-0.4, -0.2) is 43.0 Å². The Hall–Kier alpha value is -2.15. The Morgan fingerprint density at radius 2 is 1.83 bits per heavy atom. The summed E-state index contributed by atoms with van der Waals surface area (Å²) in [5, 5.41) is 5.44. The number of carbonyl (C=O) groups excluding carboxylic acids is 2. The van der Waals surface area contributed by atoms with Gasteiger partial charge in [0.05, 0.1) is 0 Å². The zero-order valence-electron chi connectivity index (χ0n) is 13.8. The molecule has 0 spiro atoms. The molecule has 1 aromatic rings. The van der Waals surface area contributed by atoms with Crippen molar-refractivity contribution in [1.82, 2.24) is 10.2 Å². The maximum absolute atomic E-state index is 12.8. The average molecular weight is 336 g/mol. The van der Waals surface area contributed by atoms with E-state index in [9.17, 15) is 14.0 Å². The molecule has 2 rings (SSSR count). The number of hydrogen-bond acceptors (Lipinski definition) is 3. The fourth-order valence-electron chi connectivity index (χ4n) is 2.81. The Bertz CT molecular complexity index is 542. The summed E-state index contributed by atoms with van der Waals surface area (Å²) in [6, 6.07) is 5.35. The number of amides is 3. The standard InChI is InChI=1S/C17H25FN4O2/c18-14-3-5-15(6-4-14)21-17(24)20-9-1-2-10-22-11-7-13(8-12-22)16(19)23/h3-6,13H,1-2,7-12H2,(H2,19,23)(H2,20,21,24). The first-order valence-electron chi connectivity index (χ1n) is 8.36. The van der Waals surface area contributed by atoms with Gasteiger partial charge in [0.1, 0.15) is 5.82 Å². The highest BCUT2D eigenvalue weighted by molar-refractivity contribution is 5.89. The van der Waals surface area contributed by atoms with Crippen molar-refractivity contribution in [2.24, 2.45) is 11.7 Å². The molecule has 0 aromatic heterocycles. The number of anilines is 1. The third kappa shape index (κ3) is 6.16. The third-order valence-electron chi connectivity index (χ3n) is 4.28. The van der Waals surface area contributed by atoms with Crippen LogP contribution in [0.5, 0.6) is 0 Å². The molecule has 0 saturated carbocycles. The fraction of sp³-hybridized carbons (Fsp3) is 0.529. The van der Waals surface area contributed by atoms with Crippen LogP contribution in [0.25, 0.3) is 0 Å². The summed E-state index contributed by atoms with van der Waals surface area (Å²) in [7, 11) is 0. The molecule has 1 fully saturated rings. The molecule has 3 amide bonds. The number of rotatable bonds is 7. The van der Waals surface area contributed by atoms with Gasteiger partial charge in [-0.05, 0) is 69.6 Å². The highest BCUT2D eigenvalue weighted by atomic mass is 19.1. The first-order chi connectivity index (χ1) is 11.5. The molecular weight excluding hydrogens is 311 g/mol. The summed E-state index contributed by atoms with van der Waals surface area (Å²) in [6.45, 7) is 3.37. The number of unbranched alkanes of at least 4 members (excludes halogenated alkanes) is 1. The first kappa shape index (κ1) is 18.2. The highest BCUT2D eigenvalue weighted by Gasteiger charge is 2.22. The number of urea groups is 1. The van der Waals surface area contributed by atoms with E-state index in [1.54, 1.807) is 0 Å². The van der Waals surface area contributed by atoms with E-state index in [2.05, 4.69) is 15.5 Å². The molecule has 132 valence electrons. The van der Waals surface area contributed by atoms with Gasteiger partial charge in [-0.3, -0.25) is 4.79 Å². The lowest BCUT2D eigenvalue weighted by Gasteiger charge is -2.30. The van der Waals surface area contributed by atoms with Crippen LogP contribution in [0.4, 0.5) is 14.9 Å². The molecule has 6 nitrogen and oxygen atoms in total. The van der Waals surface area contributed by atoms with Gasteiger partial charge < -0.3 is 21.3 Å². The fourth-order valence-corrected chi connectivity index (χ4v) is 2.81. The number of nitrogens with one attached hydrogen (secondary N) is 2. The van der Waals surface area contributed by atoms with E-state index in [-0.39, 0.29) is 23.7 Å². The van der Waals surface area contributed by atoms with Crippen molar-refractivity contribution in [3.63, 3.8) is 0 Å². The number of nitrogens with two attached hydrogens (primary N) is 1. The molecule has 0 atom stereocenters. The molecule has 0 radical (unpaired) electrons. The van der Waals surface area contributed by atoms with E-state index in [0.717, 1.165) is 45.3 Å². The van der Waals surface area contributed by atoms with Crippen LogP contribution in [0.2, 0.25) is 0 Å². The lowest BCUT2D eigenvalue weighted by Crippen LogP contribution is -2.39. The Balaban J connectivity index is 1.53. The molecule has 4 N–H and O–H groups in total.